The van der Waals surface area contributed by atoms with E-state index in [0.29, 0.717) is 33.8 Å². The van der Waals surface area contributed by atoms with Crippen molar-refractivity contribution in [2.24, 2.45) is 5.92 Å². The summed E-state index contributed by atoms with van der Waals surface area (Å²) in [6.45, 7) is 4.05. The Hall–Kier alpha value is -2.54. The van der Waals surface area contributed by atoms with Crippen LogP contribution >= 0.6 is 11.6 Å². The maximum atomic E-state index is 12.2. The average molecular weight is 361 g/mol. The third-order valence-electron chi connectivity index (χ3n) is 4.22. The quantitative estimate of drug-likeness (QED) is 0.725. The van der Waals surface area contributed by atoms with E-state index in [1.54, 1.807) is 24.3 Å². The van der Waals surface area contributed by atoms with Crippen LogP contribution in [0.5, 0.6) is 0 Å². The fraction of sp³-hybridized carbons (Fsp3) is 0.353. The molecule has 0 aliphatic carbocycles. The SMILES string of the molecule is CC1CCCN(c2ncnc(NNC(=O)c3ccc(Cl)cc3)c2N)C1. The Morgan fingerprint density at radius 2 is 2.08 bits per heavy atom. The highest BCUT2D eigenvalue weighted by molar-refractivity contribution is 6.30. The molecule has 132 valence electrons. The lowest BCUT2D eigenvalue weighted by atomic mass is 10.0. The van der Waals surface area contributed by atoms with Gasteiger partial charge in [0.2, 0.25) is 0 Å². The zero-order valence-electron chi connectivity index (χ0n) is 14.0. The van der Waals surface area contributed by atoms with Crippen LogP contribution in [0.4, 0.5) is 17.3 Å². The first kappa shape index (κ1) is 17.3. The Bertz CT molecular complexity index is 751. The van der Waals surface area contributed by atoms with Gasteiger partial charge >= 0.3 is 0 Å². The van der Waals surface area contributed by atoms with Crippen molar-refractivity contribution in [3.05, 3.63) is 41.2 Å². The minimum Gasteiger partial charge on any atom is -0.393 e. The van der Waals surface area contributed by atoms with Gasteiger partial charge in [-0.1, -0.05) is 18.5 Å². The van der Waals surface area contributed by atoms with Crippen molar-refractivity contribution in [1.29, 1.82) is 0 Å². The Morgan fingerprint density at radius 3 is 2.80 bits per heavy atom. The van der Waals surface area contributed by atoms with Gasteiger partial charge in [0, 0.05) is 23.7 Å². The van der Waals surface area contributed by atoms with Crippen molar-refractivity contribution in [2.75, 3.05) is 29.1 Å². The highest BCUT2D eigenvalue weighted by atomic mass is 35.5. The number of nitrogen functional groups attached to an aromatic ring is 1. The molecule has 1 aromatic carbocycles. The number of amides is 1. The first-order chi connectivity index (χ1) is 12.0. The second-order valence-corrected chi connectivity index (χ2v) is 6.68. The van der Waals surface area contributed by atoms with E-state index in [0.717, 1.165) is 19.5 Å². The molecule has 0 bridgehead atoms. The number of aromatic nitrogens is 2. The number of rotatable bonds is 4. The zero-order valence-corrected chi connectivity index (χ0v) is 14.8. The first-order valence-electron chi connectivity index (χ1n) is 8.22. The van der Waals surface area contributed by atoms with Crippen LogP contribution in [0.15, 0.2) is 30.6 Å². The van der Waals surface area contributed by atoms with Gasteiger partial charge in [-0.2, -0.15) is 0 Å². The Labute approximate surface area is 151 Å². The predicted octanol–water partition coefficient (Wildman–Crippen LogP) is 2.71. The van der Waals surface area contributed by atoms with Crippen molar-refractivity contribution in [2.45, 2.75) is 19.8 Å². The lowest BCUT2D eigenvalue weighted by molar-refractivity contribution is 0.0962. The number of benzene rings is 1. The fourth-order valence-corrected chi connectivity index (χ4v) is 3.04. The fourth-order valence-electron chi connectivity index (χ4n) is 2.91. The van der Waals surface area contributed by atoms with Crippen molar-refractivity contribution in [3.63, 3.8) is 0 Å². The average Bonchev–Trinajstić information content (AvgIpc) is 2.61. The first-order valence-corrected chi connectivity index (χ1v) is 8.59. The Kier molecular flexibility index (Phi) is 5.23. The molecule has 1 atom stereocenters. The van der Waals surface area contributed by atoms with Gasteiger partial charge in [0.25, 0.3) is 5.91 Å². The van der Waals surface area contributed by atoms with E-state index in [9.17, 15) is 4.79 Å². The van der Waals surface area contributed by atoms with Gasteiger partial charge in [0.05, 0.1) is 0 Å². The number of hydrazine groups is 1. The normalized spacial score (nSPS) is 17.2. The van der Waals surface area contributed by atoms with Gasteiger partial charge < -0.3 is 10.6 Å². The molecule has 1 aliphatic rings. The molecule has 2 aromatic rings. The summed E-state index contributed by atoms with van der Waals surface area (Å²) >= 11 is 5.83. The van der Waals surface area contributed by atoms with Crippen molar-refractivity contribution in [3.8, 4) is 0 Å². The molecule has 25 heavy (non-hydrogen) atoms. The van der Waals surface area contributed by atoms with Crippen LogP contribution in [-0.4, -0.2) is 29.0 Å². The van der Waals surface area contributed by atoms with Gasteiger partial charge in [-0.05, 0) is 43.0 Å². The largest absolute Gasteiger partial charge is 0.393 e. The van der Waals surface area contributed by atoms with Crippen molar-refractivity contribution < 1.29 is 4.79 Å². The lowest BCUT2D eigenvalue weighted by Crippen LogP contribution is -2.36. The summed E-state index contributed by atoms with van der Waals surface area (Å²) in [5.74, 6) is 1.38. The number of nitrogens with two attached hydrogens (primary N) is 1. The summed E-state index contributed by atoms with van der Waals surface area (Å²) in [7, 11) is 0. The zero-order chi connectivity index (χ0) is 17.8. The van der Waals surface area contributed by atoms with Crippen LogP contribution in [0, 0.1) is 5.92 Å². The van der Waals surface area contributed by atoms with Gasteiger partial charge in [-0.25, -0.2) is 9.97 Å². The molecular formula is C17H21ClN6O. The van der Waals surface area contributed by atoms with Crippen molar-refractivity contribution in [1.82, 2.24) is 15.4 Å². The monoisotopic (exact) mass is 360 g/mol. The van der Waals surface area contributed by atoms with Crippen molar-refractivity contribution >= 4 is 34.8 Å². The standard InChI is InChI=1S/C17H21ClN6O/c1-11-3-2-8-24(9-11)16-14(19)15(20-10-21-16)22-23-17(25)12-4-6-13(18)7-5-12/h4-7,10-11H,2-3,8-9,19H2,1H3,(H,23,25)(H,20,21,22). The van der Waals surface area contributed by atoms with Crippen LogP contribution in [-0.2, 0) is 0 Å². The minimum absolute atomic E-state index is 0.303. The lowest BCUT2D eigenvalue weighted by Gasteiger charge is -2.32. The smallest absolute Gasteiger partial charge is 0.269 e. The summed E-state index contributed by atoms with van der Waals surface area (Å²) < 4.78 is 0. The molecule has 4 N–H and O–H groups in total. The van der Waals surface area contributed by atoms with Gasteiger partial charge in [-0.15, -0.1) is 0 Å². The summed E-state index contributed by atoms with van der Waals surface area (Å²) in [6, 6.07) is 6.60. The van der Waals surface area contributed by atoms with E-state index in [2.05, 4.69) is 32.6 Å². The predicted molar refractivity (Wildman–Crippen MR) is 99.6 cm³/mol. The van der Waals surface area contributed by atoms with Crippen LogP contribution < -0.4 is 21.5 Å². The number of carbonyl (C=O) groups is 1. The number of hydrogen-bond acceptors (Lipinski definition) is 6. The number of nitrogens with one attached hydrogen (secondary N) is 2. The van der Waals surface area contributed by atoms with Crippen LogP contribution in [0.1, 0.15) is 30.1 Å². The number of nitrogens with zero attached hydrogens (tertiary/aromatic N) is 3. The minimum atomic E-state index is -0.303. The third-order valence-corrected chi connectivity index (χ3v) is 4.47. The number of carbonyl (C=O) groups excluding carboxylic acids is 1. The number of piperidine rings is 1. The molecule has 1 amide bonds. The summed E-state index contributed by atoms with van der Waals surface area (Å²) in [5.41, 5.74) is 12.5. The van der Waals surface area contributed by atoms with Gasteiger partial charge in [0.15, 0.2) is 11.6 Å². The summed E-state index contributed by atoms with van der Waals surface area (Å²) in [6.07, 6.45) is 3.77. The number of halogens is 1. The molecule has 1 fully saturated rings. The highest BCUT2D eigenvalue weighted by Crippen LogP contribution is 2.29. The van der Waals surface area contributed by atoms with Gasteiger partial charge in [0.1, 0.15) is 12.0 Å². The third kappa shape index (κ3) is 4.11. The van der Waals surface area contributed by atoms with E-state index < -0.39 is 0 Å². The van der Waals surface area contributed by atoms with E-state index in [1.165, 1.54) is 12.7 Å². The van der Waals surface area contributed by atoms with Crippen LogP contribution in [0.2, 0.25) is 5.02 Å². The van der Waals surface area contributed by atoms with Gasteiger partial charge in [-0.3, -0.25) is 15.6 Å². The molecule has 8 heteroatoms. The number of hydrogen-bond donors (Lipinski definition) is 3. The molecule has 1 aromatic heterocycles. The Morgan fingerprint density at radius 1 is 1.32 bits per heavy atom. The molecule has 7 nitrogen and oxygen atoms in total. The topological polar surface area (TPSA) is 96.2 Å². The second-order valence-electron chi connectivity index (χ2n) is 6.24. The van der Waals surface area contributed by atoms with E-state index in [1.807, 2.05) is 0 Å². The van der Waals surface area contributed by atoms with Crippen LogP contribution in [0.3, 0.4) is 0 Å². The molecule has 0 spiro atoms. The molecule has 1 unspecified atom stereocenters. The van der Waals surface area contributed by atoms with E-state index in [-0.39, 0.29) is 5.91 Å². The molecule has 0 radical (unpaired) electrons. The maximum absolute atomic E-state index is 12.2. The number of anilines is 3. The maximum Gasteiger partial charge on any atom is 0.269 e. The molecule has 3 rings (SSSR count). The van der Waals surface area contributed by atoms with E-state index >= 15 is 0 Å². The second kappa shape index (κ2) is 7.57. The molecule has 2 heterocycles. The molecule has 1 aliphatic heterocycles. The summed E-state index contributed by atoms with van der Waals surface area (Å²) in [5, 5.41) is 0.574. The molecule has 0 saturated carbocycles. The highest BCUT2D eigenvalue weighted by Gasteiger charge is 2.21. The van der Waals surface area contributed by atoms with E-state index in [4.69, 9.17) is 17.3 Å². The molecule has 1 saturated heterocycles. The Balaban J connectivity index is 1.69. The summed E-state index contributed by atoms with van der Waals surface area (Å²) in [4.78, 5) is 22.8. The van der Waals surface area contributed by atoms with Crippen LogP contribution in [0.25, 0.3) is 0 Å². The molecular weight excluding hydrogens is 340 g/mol.